The molecule has 0 unspecified atom stereocenters. The van der Waals surface area contributed by atoms with Crippen molar-refractivity contribution in [2.24, 2.45) is 5.73 Å². The third-order valence-corrected chi connectivity index (χ3v) is 3.21. The number of H-pyrrole nitrogens is 1. The SMILES string of the molecule is CC1(c2ncc(CCN)[nH]2)CCOCC1. The van der Waals surface area contributed by atoms with Gasteiger partial charge in [0.15, 0.2) is 0 Å². The Morgan fingerprint density at radius 3 is 2.93 bits per heavy atom. The number of hydrogen-bond donors (Lipinski definition) is 2. The predicted octanol–water partition coefficient (Wildman–Crippen LogP) is 0.979. The number of rotatable bonds is 3. The molecule has 0 amide bonds. The van der Waals surface area contributed by atoms with E-state index in [1.165, 1.54) is 0 Å². The zero-order chi connectivity index (χ0) is 10.7. The van der Waals surface area contributed by atoms with Crippen molar-refractivity contribution >= 4 is 0 Å². The Morgan fingerprint density at radius 2 is 2.27 bits per heavy atom. The number of nitrogens with one attached hydrogen (secondary N) is 1. The van der Waals surface area contributed by atoms with Gasteiger partial charge < -0.3 is 15.5 Å². The molecule has 0 radical (unpaired) electrons. The summed E-state index contributed by atoms with van der Waals surface area (Å²) in [6.45, 7) is 4.59. The Kier molecular flexibility index (Phi) is 3.07. The lowest BCUT2D eigenvalue weighted by Gasteiger charge is -2.31. The van der Waals surface area contributed by atoms with Crippen molar-refractivity contribution in [3.05, 3.63) is 17.7 Å². The standard InChI is InChI=1S/C11H19N3O/c1-11(3-6-15-7-4-11)10-13-8-9(14-10)2-5-12/h8H,2-7,12H2,1H3,(H,13,14). The van der Waals surface area contributed by atoms with Gasteiger partial charge in [-0.05, 0) is 19.4 Å². The number of nitrogens with zero attached hydrogens (tertiary/aromatic N) is 1. The van der Waals surface area contributed by atoms with Crippen LogP contribution < -0.4 is 5.73 Å². The van der Waals surface area contributed by atoms with Gasteiger partial charge in [-0.15, -0.1) is 0 Å². The first-order chi connectivity index (χ1) is 7.24. The zero-order valence-corrected chi connectivity index (χ0v) is 9.25. The smallest absolute Gasteiger partial charge is 0.112 e. The van der Waals surface area contributed by atoms with Gasteiger partial charge in [-0.2, -0.15) is 0 Å². The molecule has 0 spiro atoms. The molecule has 1 aromatic heterocycles. The summed E-state index contributed by atoms with van der Waals surface area (Å²) in [4.78, 5) is 7.84. The molecule has 4 heteroatoms. The topological polar surface area (TPSA) is 63.9 Å². The van der Waals surface area contributed by atoms with Crippen molar-refractivity contribution in [2.75, 3.05) is 19.8 Å². The van der Waals surface area contributed by atoms with E-state index >= 15 is 0 Å². The van der Waals surface area contributed by atoms with Gasteiger partial charge in [0, 0.05) is 36.9 Å². The minimum absolute atomic E-state index is 0.158. The first kappa shape index (κ1) is 10.6. The number of nitrogens with two attached hydrogens (primary N) is 1. The van der Waals surface area contributed by atoms with E-state index in [4.69, 9.17) is 10.5 Å². The molecule has 0 atom stereocenters. The average molecular weight is 209 g/mol. The van der Waals surface area contributed by atoms with E-state index in [1.54, 1.807) is 0 Å². The molecule has 84 valence electrons. The predicted molar refractivity (Wildman–Crippen MR) is 58.8 cm³/mol. The van der Waals surface area contributed by atoms with Crippen LogP contribution >= 0.6 is 0 Å². The van der Waals surface area contributed by atoms with E-state index in [2.05, 4.69) is 16.9 Å². The second-order valence-electron chi connectivity index (χ2n) is 4.47. The quantitative estimate of drug-likeness (QED) is 0.780. The molecular weight excluding hydrogens is 190 g/mol. The van der Waals surface area contributed by atoms with Gasteiger partial charge in [0.05, 0.1) is 0 Å². The third kappa shape index (κ3) is 2.21. The van der Waals surface area contributed by atoms with Gasteiger partial charge in [-0.1, -0.05) is 6.92 Å². The van der Waals surface area contributed by atoms with Gasteiger partial charge in [-0.25, -0.2) is 4.98 Å². The highest BCUT2D eigenvalue weighted by atomic mass is 16.5. The van der Waals surface area contributed by atoms with Crippen LogP contribution in [0.1, 0.15) is 31.3 Å². The van der Waals surface area contributed by atoms with Crippen LogP contribution in [0.25, 0.3) is 0 Å². The number of imidazole rings is 1. The van der Waals surface area contributed by atoms with Gasteiger partial charge in [-0.3, -0.25) is 0 Å². The van der Waals surface area contributed by atoms with E-state index in [-0.39, 0.29) is 5.41 Å². The molecule has 1 aromatic rings. The summed E-state index contributed by atoms with van der Waals surface area (Å²) >= 11 is 0. The van der Waals surface area contributed by atoms with Crippen molar-refractivity contribution in [1.82, 2.24) is 9.97 Å². The molecule has 1 aliphatic heterocycles. The Balaban J connectivity index is 2.12. The average Bonchev–Trinajstić information content (AvgIpc) is 2.69. The molecule has 1 saturated heterocycles. The summed E-state index contributed by atoms with van der Waals surface area (Å²) < 4.78 is 5.38. The van der Waals surface area contributed by atoms with Crippen LogP contribution in [0.5, 0.6) is 0 Å². The minimum atomic E-state index is 0.158. The molecule has 0 aliphatic carbocycles. The largest absolute Gasteiger partial charge is 0.381 e. The molecule has 0 bridgehead atoms. The molecule has 1 aliphatic rings. The molecule has 3 N–H and O–H groups in total. The number of hydrogen-bond acceptors (Lipinski definition) is 3. The highest BCUT2D eigenvalue weighted by molar-refractivity contribution is 5.12. The van der Waals surface area contributed by atoms with Crippen molar-refractivity contribution in [1.29, 1.82) is 0 Å². The second-order valence-corrected chi connectivity index (χ2v) is 4.47. The normalized spacial score (nSPS) is 20.4. The fourth-order valence-electron chi connectivity index (χ4n) is 2.01. The maximum atomic E-state index is 5.51. The number of ether oxygens (including phenoxy) is 1. The maximum Gasteiger partial charge on any atom is 0.112 e. The molecule has 0 saturated carbocycles. The van der Waals surface area contributed by atoms with Crippen LogP contribution in [0.15, 0.2) is 6.20 Å². The van der Waals surface area contributed by atoms with E-state index < -0.39 is 0 Å². The van der Waals surface area contributed by atoms with Crippen LogP contribution in [0.3, 0.4) is 0 Å². The van der Waals surface area contributed by atoms with Crippen LogP contribution in [0.4, 0.5) is 0 Å². The second kappa shape index (κ2) is 4.33. The highest BCUT2D eigenvalue weighted by Crippen LogP contribution is 2.31. The van der Waals surface area contributed by atoms with Crippen molar-refractivity contribution < 1.29 is 4.74 Å². The number of aromatic amines is 1. The zero-order valence-electron chi connectivity index (χ0n) is 9.25. The summed E-state index contributed by atoms with van der Waals surface area (Å²) in [6, 6.07) is 0. The Labute approximate surface area is 90.2 Å². The van der Waals surface area contributed by atoms with Gasteiger partial charge >= 0.3 is 0 Å². The van der Waals surface area contributed by atoms with E-state index in [9.17, 15) is 0 Å². The molecule has 1 fully saturated rings. The van der Waals surface area contributed by atoms with E-state index in [0.29, 0.717) is 6.54 Å². The van der Waals surface area contributed by atoms with Crippen molar-refractivity contribution in [3.8, 4) is 0 Å². The van der Waals surface area contributed by atoms with Gasteiger partial charge in [0.25, 0.3) is 0 Å². The summed E-state index contributed by atoms with van der Waals surface area (Å²) in [5.41, 5.74) is 6.81. The minimum Gasteiger partial charge on any atom is -0.381 e. The Hall–Kier alpha value is -0.870. The molecule has 15 heavy (non-hydrogen) atoms. The molecular formula is C11H19N3O. The summed E-state index contributed by atoms with van der Waals surface area (Å²) in [5.74, 6) is 1.09. The van der Waals surface area contributed by atoms with Crippen molar-refractivity contribution in [3.63, 3.8) is 0 Å². The molecule has 2 rings (SSSR count). The highest BCUT2D eigenvalue weighted by Gasteiger charge is 2.31. The van der Waals surface area contributed by atoms with Crippen molar-refractivity contribution in [2.45, 2.75) is 31.6 Å². The molecule has 4 nitrogen and oxygen atoms in total. The lowest BCUT2D eigenvalue weighted by atomic mass is 9.82. The lowest BCUT2D eigenvalue weighted by molar-refractivity contribution is 0.0538. The van der Waals surface area contributed by atoms with Gasteiger partial charge in [0.1, 0.15) is 5.82 Å². The first-order valence-electron chi connectivity index (χ1n) is 5.57. The summed E-state index contributed by atoms with van der Waals surface area (Å²) in [7, 11) is 0. The fraction of sp³-hybridized carbons (Fsp3) is 0.727. The summed E-state index contributed by atoms with van der Waals surface area (Å²) in [5, 5.41) is 0. The maximum absolute atomic E-state index is 5.51. The fourth-order valence-corrected chi connectivity index (χ4v) is 2.01. The van der Waals surface area contributed by atoms with Crippen LogP contribution in [0.2, 0.25) is 0 Å². The van der Waals surface area contributed by atoms with Crippen LogP contribution in [0, 0.1) is 0 Å². The van der Waals surface area contributed by atoms with E-state index in [0.717, 1.165) is 44.0 Å². The van der Waals surface area contributed by atoms with E-state index in [1.807, 2.05) is 6.20 Å². The monoisotopic (exact) mass is 209 g/mol. The first-order valence-corrected chi connectivity index (χ1v) is 5.57. The Morgan fingerprint density at radius 1 is 1.53 bits per heavy atom. The van der Waals surface area contributed by atoms with Crippen LogP contribution in [-0.4, -0.2) is 29.7 Å². The summed E-state index contributed by atoms with van der Waals surface area (Å²) in [6.07, 6.45) is 4.87. The molecule has 2 heterocycles. The number of aromatic nitrogens is 2. The lowest BCUT2D eigenvalue weighted by Crippen LogP contribution is -2.31. The Bertz CT molecular complexity index is 315. The third-order valence-electron chi connectivity index (χ3n) is 3.21. The van der Waals surface area contributed by atoms with Gasteiger partial charge in [0.2, 0.25) is 0 Å². The molecule has 0 aromatic carbocycles. The van der Waals surface area contributed by atoms with Crippen LogP contribution in [-0.2, 0) is 16.6 Å².